The van der Waals surface area contributed by atoms with Crippen LogP contribution in [0.3, 0.4) is 0 Å². The van der Waals surface area contributed by atoms with Crippen molar-refractivity contribution in [2.24, 2.45) is 0 Å². The van der Waals surface area contributed by atoms with Crippen LogP contribution in [0.25, 0.3) is 0 Å². The van der Waals surface area contributed by atoms with Gasteiger partial charge in [0.15, 0.2) is 0 Å². The highest BCUT2D eigenvalue weighted by atomic mass is 17.2. The molecule has 0 aliphatic heterocycles. The van der Waals surface area contributed by atoms with Crippen molar-refractivity contribution in [2.75, 3.05) is 6.61 Å². The van der Waals surface area contributed by atoms with Crippen molar-refractivity contribution in [3.63, 3.8) is 0 Å². The van der Waals surface area contributed by atoms with Crippen LogP contribution >= 0.6 is 0 Å². The minimum absolute atomic E-state index is 0.233. The van der Waals surface area contributed by atoms with Gasteiger partial charge >= 0.3 is 11.9 Å². The summed E-state index contributed by atoms with van der Waals surface area (Å²) in [5.41, 5.74) is 2.28. The Morgan fingerprint density at radius 3 is 2.48 bits per heavy atom. The summed E-state index contributed by atoms with van der Waals surface area (Å²) in [5, 5.41) is 0. The molecule has 7 nitrogen and oxygen atoms in total. The van der Waals surface area contributed by atoms with Gasteiger partial charge in [-0.3, -0.25) is 9.59 Å². The van der Waals surface area contributed by atoms with Gasteiger partial charge in [-0.25, -0.2) is 9.78 Å². The van der Waals surface area contributed by atoms with E-state index in [4.69, 9.17) is 19.2 Å². The van der Waals surface area contributed by atoms with Gasteiger partial charge < -0.3 is 14.5 Å². The summed E-state index contributed by atoms with van der Waals surface area (Å²) in [6.45, 7) is 5.07. The van der Waals surface area contributed by atoms with Gasteiger partial charge in [0.05, 0.1) is 6.61 Å². The highest BCUT2D eigenvalue weighted by molar-refractivity contribution is 5.69. The van der Waals surface area contributed by atoms with Crippen LogP contribution in [0.5, 0.6) is 0 Å². The van der Waals surface area contributed by atoms with Crippen molar-refractivity contribution in [2.45, 2.75) is 46.0 Å². The summed E-state index contributed by atoms with van der Waals surface area (Å²) in [6, 6.07) is 1.89. The first-order valence-corrected chi connectivity index (χ1v) is 6.81. The smallest absolute Gasteiger partial charge is 0.306 e. The fourth-order valence-corrected chi connectivity index (χ4v) is 2.48. The Kier molecular flexibility index (Phi) is 4.64. The van der Waals surface area contributed by atoms with Crippen molar-refractivity contribution in [1.29, 1.82) is 0 Å². The van der Waals surface area contributed by atoms with Crippen molar-refractivity contribution in [3.05, 3.63) is 23.0 Å². The Labute approximate surface area is 122 Å². The summed E-state index contributed by atoms with van der Waals surface area (Å²) >= 11 is 0. The minimum Gasteiger partial charge on any atom is -0.417 e. The Bertz CT molecular complexity index is 520. The van der Waals surface area contributed by atoms with Crippen LogP contribution in [-0.4, -0.2) is 23.5 Å². The van der Waals surface area contributed by atoms with Crippen molar-refractivity contribution in [1.82, 2.24) is 4.98 Å². The topological polar surface area (TPSA) is 86.8 Å². The number of hydrogen-bond acceptors (Lipinski definition) is 6. The molecule has 7 heteroatoms. The zero-order valence-corrected chi connectivity index (χ0v) is 12.4. The SMILES string of the molecule is CCOOCc1cc2c([nH]1)C(OC(C)=O)(OC(C)=O)CC2. The second-order valence-electron chi connectivity index (χ2n) is 4.80. The molecule has 116 valence electrons. The lowest BCUT2D eigenvalue weighted by Gasteiger charge is -2.27. The Morgan fingerprint density at radius 1 is 1.24 bits per heavy atom. The first-order chi connectivity index (χ1) is 9.97. The average Bonchev–Trinajstić information content (AvgIpc) is 2.90. The number of nitrogens with one attached hydrogen (secondary N) is 1. The molecule has 1 heterocycles. The number of aromatic amines is 1. The molecule has 0 radical (unpaired) electrons. The maximum absolute atomic E-state index is 11.3. The predicted octanol–water partition coefficient (Wildman–Crippen LogP) is 1.71. The molecule has 1 aliphatic rings. The van der Waals surface area contributed by atoms with Gasteiger partial charge in [-0.2, -0.15) is 0 Å². The molecule has 0 spiro atoms. The van der Waals surface area contributed by atoms with Gasteiger partial charge in [-0.1, -0.05) is 0 Å². The number of carbonyl (C=O) groups excluding carboxylic acids is 2. The van der Waals surface area contributed by atoms with E-state index in [-0.39, 0.29) is 6.61 Å². The summed E-state index contributed by atoms with van der Waals surface area (Å²) < 4.78 is 10.6. The molecule has 0 amide bonds. The number of esters is 2. The van der Waals surface area contributed by atoms with Crippen LogP contribution in [0, 0.1) is 0 Å². The molecule has 1 aromatic heterocycles. The minimum atomic E-state index is -1.36. The van der Waals surface area contributed by atoms with Crippen molar-refractivity contribution < 1.29 is 28.8 Å². The van der Waals surface area contributed by atoms with E-state index in [9.17, 15) is 9.59 Å². The average molecular weight is 297 g/mol. The van der Waals surface area contributed by atoms with E-state index in [1.807, 2.05) is 13.0 Å². The zero-order valence-electron chi connectivity index (χ0n) is 12.4. The predicted molar refractivity (Wildman–Crippen MR) is 70.7 cm³/mol. The van der Waals surface area contributed by atoms with Gasteiger partial charge in [0.2, 0.25) is 0 Å². The lowest BCUT2D eigenvalue weighted by Crippen LogP contribution is -2.35. The number of fused-ring (bicyclic) bond motifs is 1. The quantitative estimate of drug-likeness (QED) is 0.283. The van der Waals surface area contributed by atoms with Crippen LogP contribution in [0.2, 0.25) is 0 Å². The number of ether oxygens (including phenoxy) is 2. The van der Waals surface area contributed by atoms with E-state index in [2.05, 4.69) is 4.98 Å². The largest absolute Gasteiger partial charge is 0.417 e. The number of hydrogen-bond donors (Lipinski definition) is 1. The lowest BCUT2D eigenvalue weighted by atomic mass is 10.2. The molecule has 0 atom stereocenters. The summed E-state index contributed by atoms with van der Waals surface area (Å²) in [7, 11) is 0. The van der Waals surface area contributed by atoms with E-state index in [0.29, 0.717) is 25.1 Å². The molecule has 0 fully saturated rings. The summed E-state index contributed by atoms with van der Waals surface area (Å²) in [4.78, 5) is 35.6. The van der Waals surface area contributed by atoms with Gasteiger partial charge in [0, 0.05) is 26.0 Å². The van der Waals surface area contributed by atoms with Crippen LogP contribution in [-0.2, 0) is 47.7 Å². The molecule has 2 rings (SSSR count). The molecule has 21 heavy (non-hydrogen) atoms. The second kappa shape index (κ2) is 6.28. The van der Waals surface area contributed by atoms with Crippen LogP contribution in [0.15, 0.2) is 6.07 Å². The molecule has 1 aromatic rings. The van der Waals surface area contributed by atoms with Gasteiger partial charge in [-0.15, -0.1) is 0 Å². The number of carbonyl (C=O) groups is 2. The van der Waals surface area contributed by atoms with Crippen molar-refractivity contribution >= 4 is 11.9 Å². The Morgan fingerprint density at radius 2 is 1.90 bits per heavy atom. The van der Waals surface area contributed by atoms with Crippen LogP contribution in [0.1, 0.15) is 44.1 Å². The fraction of sp³-hybridized carbons (Fsp3) is 0.571. The van der Waals surface area contributed by atoms with E-state index >= 15 is 0 Å². The lowest BCUT2D eigenvalue weighted by molar-refractivity contribution is -0.301. The third-order valence-corrected chi connectivity index (χ3v) is 3.09. The Balaban J connectivity index is 2.23. The molecular weight excluding hydrogens is 278 g/mol. The highest BCUT2D eigenvalue weighted by Gasteiger charge is 2.47. The van der Waals surface area contributed by atoms with Gasteiger partial charge in [0.1, 0.15) is 12.3 Å². The second-order valence-corrected chi connectivity index (χ2v) is 4.80. The molecule has 0 bridgehead atoms. The van der Waals surface area contributed by atoms with Crippen LogP contribution < -0.4 is 0 Å². The maximum atomic E-state index is 11.3. The van der Waals surface area contributed by atoms with E-state index < -0.39 is 17.7 Å². The molecule has 0 saturated carbocycles. The van der Waals surface area contributed by atoms with E-state index in [1.165, 1.54) is 13.8 Å². The number of aromatic nitrogens is 1. The van der Waals surface area contributed by atoms with Gasteiger partial charge in [0.25, 0.3) is 5.79 Å². The molecular formula is C14H19NO6. The molecule has 0 aromatic carbocycles. The summed E-state index contributed by atoms with van der Waals surface area (Å²) in [5.74, 6) is -2.38. The molecule has 0 saturated heterocycles. The van der Waals surface area contributed by atoms with Crippen molar-refractivity contribution in [3.8, 4) is 0 Å². The zero-order chi connectivity index (χ0) is 15.5. The van der Waals surface area contributed by atoms with E-state index in [1.54, 1.807) is 0 Å². The number of rotatable bonds is 6. The highest BCUT2D eigenvalue weighted by Crippen LogP contribution is 2.41. The monoisotopic (exact) mass is 297 g/mol. The normalized spacial score (nSPS) is 15.6. The Hall–Kier alpha value is -1.86. The first kappa shape index (κ1) is 15.5. The third-order valence-electron chi connectivity index (χ3n) is 3.09. The fourth-order valence-electron chi connectivity index (χ4n) is 2.48. The molecule has 1 N–H and O–H groups in total. The van der Waals surface area contributed by atoms with E-state index in [0.717, 1.165) is 11.3 Å². The first-order valence-electron chi connectivity index (χ1n) is 6.81. The molecule has 1 aliphatic carbocycles. The standard InChI is InChI=1S/C14H19NO6/c1-4-18-19-8-12-7-11-5-6-14(13(11)15-12,20-9(2)16)21-10(3)17/h7,15H,4-6,8H2,1-3H3. The third kappa shape index (κ3) is 3.43. The van der Waals surface area contributed by atoms with Crippen LogP contribution in [0.4, 0.5) is 0 Å². The summed E-state index contributed by atoms with van der Waals surface area (Å²) in [6.07, 6.45) is 1.04. The number of aryl methyl sites for hydroxylation is 1. The van der Waals surface area contributed by atoms with Gasteiger partial charge in [-0.05, 0) is 25.0 Å². The maximum Gasteiger partial charge on any atom is 0.306 e. The number of H-pyrrole nitrogens is 1. The molecule has 0 unspecified atom stereocenters.